The van der Waals surface area contributed by atoms with E-state index < -0.39 is 5.97 Å². The Kier molecular flexibility index (Phi) is 7.78. The second-order valence-corrected chi connectivity index (χ2v) is 5.21. The van der Waals surface area contributed by atoms with E-state index in [2.05, 4.69) is 43.0 Å². The molecule has 1 aromatic carbocycles. The van der Waals surface area contributed by atoms with Crippen molar-refractivity contribution in [1.29, 1.82) is 0 Å². The van der Waals surface area contributed by atoms with Gasteiger partial charge in [-0.05, 0) is 30.5 Å². The molecule has 1 rings (SSSR count). The second kappa shape index (κ2) is 9.40. The molecule has 0 fully saturated rings. The summed E-state index contributed by atoms with van der Waals surface area (Å²) in [6.07, 6.45) is 6.05. The maximum atomic E-state index is 10.8. The number of hydrogen-bond acceptors (Lipinski definition) is 2. The number of unbranched alkanes of at least 4 members (excludes halogenated alkanes) is 3. The summed E-state index contributed by atoms with van der Waals surface area (Å²) in [5, 5.41) is 8.87. The minimum Gasteiger partial charge on any atom is -0.481 e. The van der Waals surface area contributed by atoms with Crippen molar-refractivity contribution in [1.82, 2.24) is 0 Å². The molecule has 0 radical (unpaired) electrons. The lowest BCUT2D eigenvalue weighted by molar-refractivity contribution is -0.136. The molecule has 3 heteroatoms. The molecule has 0 aliphatic rings. The maximum Gasteiger partial charge on any atom is 0.305 e. The number of carboxylic acids is 1. The van der Waals surface area contributed by atoms with Gasteiger partial charge in [-0.2, -0.15) is 0 Å². The number of aliphatic carboxylic acids is 1. The van der Waals surface area contributed by atoms with Gasteiger partial charge in [-0.15, -0.1) is 0 Å². The zero-order chi connectivity index (χ0) is 14.8. The van der Waals surface area contributed by atoms with Crippen LogP contribution in [0, 0.1) is 0 Å². The molecule has 0 saturated heterocycles. The Labute approximate surface area is 122 Å². The predicted octanol–water partition coefficient (Wildman–Crippen LogP) is 4.11. The summed E-state index contributed by atoms with van der Waals surface area (Å²) in [6, 6.07) is 8.49. The Morgan fingerprint density at radius 1 is 1.05 bits per heavy atom. The van der Waals surface area contributed by atoms with E-state index in [1.54, 1.807) is 0 Å². The van der Waals surface area contributed by atoms with Gasteiger partial charge >= 0.3 is 5.97 Å². The Morgan fingerprint density at radius 3 is 2.30 bits per heavy atom. The van der Waals surface area contributed by atoms with E-state index in [0.29, 0.717) is 6.54 Å². The first-order valence-electron chi connectivity index (χ1n) is 7.73. The molecule has 0 heterocycles. The van der Waals surface area contributed by atoms with Crippen molar-refractivity contribution in [2.24, 2.45) is 0 Å². The number of benzene rings is 1. The fraction of sp³-hybridized carbons (Fsp3) is 0.588. The number of anilines is 1. The Bertz CT molecular complexity index is 386. The van der Waals surface area contributed by atoms with Crippen molar-refractivity contribution in [3.8, 4) is 0 Å². The van der Waals surface area contributed by atoms with Crippen molar-refractivity contribution in [2.75, 3.05) is 18.0 Å². The van der Waals surface area contributed by atoms with Gasteiger partial charge in [0.1, 0.15) is 0 Å². The van der Waals surface area contributed by atoms with Crippen LogP contribution in [0.25, 0.3) is 0 Å². The summed E-state index contributed by atoms with van der Waals surface area (Å²) in [6.45, 7) is 5.87. The van der Waals surface area contributed by atoms with E-state index in [1.165, 1.54) is 24.8 Å². The van der Waals surface area contributed by atoms with Gasteiger partial charge in [0.2, 0.25) is 0 Å². The van der Waals surface area contributed by atoms with Gasteiger partial charge in [-0.1, -0.05) is 45.2 Å². The van der Waals surface area contributed by atoms with Crippen molar-refractivity contribution < 1.29 is 9.90 Å². The van der Waals surface area contributed by atoms with Crippen molar-refractivity contribution in [2.45, 2.75) is 52.4 Å². The van der Waals surface area contributed by atoms with Crippen LogP contribution in [0.5, 0.6) is 0 Å². The zero-order valence-corrected chi connectivity index (χ0v) is 12.8. The minimum absolute atomic E-state index is 0.198. The highest BCUT2D eigenvalue weighted by molar-refractivity contribution is 5.67. The molecular formula is C17H27NO2. The molecular weight excluding hydrogens is 250 g/mol. The Balaban J connectivity index is 2.61. The van der Waals surface area contributed by atoms with Crippen LogP contribution >= 0.6 is 0 Å². The molecule has 0 spiro atoms. The maximum absolute atomic E-state index is 10.8. The molecule has 0 unspecified atom stereocenters. The van der Waals surface area contributed by atoms with E-state index in [0.717, 1.165) is 25.1 Å². The molecule has 0 saturated carbocycles. The average Bonchev–Trinajstić information content (AvgIpc) is 2.46. The van der Waals surface area contributed by atoms with Gasteiger partial charge in [0, 0.05) is 18.8 Å². The van der Waals surface area contributed by atoms with Crippen LogP contribution in [0.3, 0.4) is 0 Å². The highest BCUT2D eigenvalue weighted by atomic mass is 16.4. The summed E-state index contributed by atoms with van der Waals surface area (Å²) >= 11 is 0. The smallest absolute Gasteiger partial charge is 0.305 e. The predicted molar refractivity (Wildman–Crippen MR) is 84.4 cm³/mol. The van der Waals surface area contributed by atoms with E-state index in [9.17, 15) is 4.79 Å². The van der Waals surface area contributed by atoms with E-state index in [4.69, 9.17) is 5.11 Å². The zero-order valence-electron chi connectivity index (χ0n) is 12.8. The monoisotopic (exact) mass is 277 g/mol. The number of carbonyl (C=O) groups is 1. The summed E-state index contributed by atoms with van der Waals surface area (Å²) in [4.78, 5) is 13.0. The van der Waals surface area contributed by atoms with E-state index in [-0.39, 0.29) is 6.42 Å². The summed E-state index contributed by atoms with van der Waals surface area (Å²) in [7, 11) is 0. The Hall–Kier alpha value is -1.51. The number of nitrogens with zero attached hydrogens (tertiary/aromatic N) is 1. The molecule has 3 nitrogen and oxygen atoms in total. The second-order valence-electron chi connectivity index (χ2n) is 5.21. The SMILES string of the molecule is CCCCCCN(CCC(=O)O)c1ccc(CC)cc1. The number of aryl methyl sites for hydroxylation is 1. The lowest BCUT2D eigenvalue weighted by Gasteiger charge is -2.24. The van der Waals surface area contributed by atoms with E-state index >= 15 is 0 Å². The van der Waals surface area contributed by atoms with Gasteiger partial charge < -0.3 is 10.0 Å². The average molecular weight is 277 g/mol. The van der Waals surface area contributed by atoms with Gasteiger partial charge in [0.25, 0.3) is 0 Å². The molecule has 0 aromatic heterocycles. The number of hydrogen-bond donors (Lipinski definition) is 1. The first kappa shape index (κ1) is 16.5. The van der Waals surface area contributed by atoms with Crippen LogP contribution < -0.4 is 4.90 Å². The van der Waals surface area contributed by atoms with Crippen LogP contribution in [0.1, 0.15) is 51.5 Å². The largest absolute Gasteiger partial charge is 0.481 e. The molecule has 0 bridgehead atoms. The van der Waals surface area contributed by atoms with Crippen LogP contribution in [-0.4, -0.2) is 24.2 Å². The lowest BCUT2D eigenvalue weighted by Crippen LogP contribution is -2.27. The highest BCUT2D eigenvalue weighted by Crippen LogP contribution is 2.17. The van der Waals surface area contributed by atoms with Crippen molar-refractivity contribution >= 4 is 11.7 Å². The molecule has 0 aliphatic heterocycles. The van der Waals surface area contributed by atoms with Gasteiger partial charge in [0.15, 0.2) is 0 Å². The summed E-state index contributed by atoms with van der Waals surface area (Å²) < 4.78 is 0. The topological polar surface area (TPSA) is 40.5 Å². The molecule has 0 amide bonds. The van der Waals surface area contributed by atoms with Gasteiger partial charge in [-0.3, -0.25) is 4.79 Å². The molecule has 0 aliphatic carbocycles. The van der Waals surface area contributed by atoms with Crippen LogP contribution in [0.4, 0.5) is 5.69 Å². The van der Waals surface area contributed by atoms with Crippen molar-refractivity contribution in [3.05, 3.63) is 29.8 Å². The third-order valence-corrected chi connectivity index (χ3v) is 3.59. The molecule has 112 valence electrons. The van der Waals surface area contributed by atoms with E-state index in [1.807, 2.05) is 0 Å². The summed E-state index contributed by atoms with van der Waals surface area (Å²) in [5.74, 6) is -0.728. The van der Waals surface area contributed by atoms with Gasteiger partial charge in [0.05, 0.1) is 6.42 Å². The molecule has 20 heavy (non-hydrogen) atoms. The fourth-order valence-electron chi connectivity index (χ4n) is 2.27. The van der Waals surface area contributed by atoms with Crippen LogP contribution in [0.15, 0.2) is 24.3 Å². The lowest BCUT2D eigenvalue weighted by atomic mass is 10.1. The molecule has 0 atom stereocenters. The number of carboxylic acid groups (broad SMARTS) is 1. The summed E-state index contributed by atoms with van der Waals surface area (Å²) in [5.41, 5.74) is 2.46. The third-order valence-electron chi connectivity index (χ3n) is 3.59. The fourth-order valence-corrected chi connectivity index (χ4v) is 2.27. The molecule has 1 aromatic rings. The van der Waals surface area contributed by atoms with Crippen LogP contribution in [-0.2, 0) is 11.2 Å². The first-order chi connectivity index (χ1) is 9.67. The first-order valence-corrected chi connectivity index (χ1v) is 7.73. The minimum atomic E-state index is -0.728. The van der Waals surface area contributed by atoms with Gasteiger partial charge in [-0.25, -0.2) is 0 Å². The Morgan fingerprint density at radius 2 is 1.75 bits per heavy atom. The quantitative estimate of drug-likeness (QED) is 0.654. The van der Waals surface area contributed by atoms with Crippen molar-refractivity contribution in [3.63, 3.8) is 0 Å². The standard InChI is InChI=1S/C17H27NO2/c1-3-5-6-7-13-18(14-12-17(19)20)16-10-8-15(4-2)9-11-16/h8-11H,3-7,12-14H2,1-2H3,(H,19,20). The third kappa shape index (κ3) is 6.09. The normalized spacial score (nSPS) is 10.5. The highest BCUT2D eigenvalue weighted by Gasteiger charge is 2.08. The molecule has 1 N–H and O–H groups in total. The number of rotatable bonds is 10. The van der Waals surface area contributed by atoms with Crippen LogP contribution in [0.2, 0.25) is 0 Å².